The molecular weight excluding hydrogens is 328 g/mol. The van der Waals surface area contributed by atoms with Gasteiger partial charge in [-0.1, -0.05) is 28.9 Å². The molecule has 122 valence electrons. The van der Waals surface area contributed by atoms with Crippen molar-refractivity contribution in [2.75, 3.05) is 10.6 Å². The van der Waals surface area contributed by atoms with Crippen LogP contribution in [0.5, 0.6) is 0 Å². The molecule has 6 nitrogen and oxygen atoms in total. The zero-order valence-electron chi connectivity index (χ0n) is 12.9. The van der Waals surface area contributed by atoms with Gasteiger partial charge in [-0.15, -0.1) is 0 Å². The summed E-state index contributed by atoms with van der Waals surface area (Å²) >= 11 is 5.85. The lowest BCUT2D eigenvalue weighted by molar-refractivity contribution is 0.102. The van der Waals surface area contributed by atoms with Crippen molar-refractivity contribution in [3.63, 3.8) is 0 Å². The molecule has 0 saturated heterocycles. The van der Waals surface area contributed by atoms with Crippen molar-refractivity contribution in [1.29, 1.82) is 0 Å². The van der Waals surface area contributed by atoms with E-state index in [4.69, 9.17) is 16.1 Å². The molecule has 0 spiro atoms. The fourth-order valence-corrected chi connectivity index (χ4v) is 2.28. The summed E-state index contributed by atoms with van der Waals surface area (Å²) in [5.74, 6) is 0.808. The molecule has 0 unspecified atom stereocenters. The topological polar surface area (TPSA) is 80.0 Å². The molecule has 7 heteroatoms. The first-order valence-electron chi connectivity index (χ1n) is 7.31. The van der Waals surface area contributed by atoms with Crippen molar-refractivity contribution in [3.05, 3.63) is 70.8 Å². The minimum atomic E-state index is -0.220. The lowest BCUT2D eigenvalue weighted by Gasteiger charge is -2.11. The number of nitrogens with zero attached hydrogens (tertiary/aromatic N) is 2. The number of aromatic nitrogens is 2. The lowest BCUT2D eigenvalue weighted by Crippen LogP contribution is -2.14. The number of aryl methyl sites for hydroxylation is 1. The fourth-order valence-electron chi connectivity index (χ4n) is 2.15. The fraction of sp³-hybridized carbons (Fsp3) is 0.118. The van der Waals surface area contributed by atoms with E-state index in [1.165, 1.54) is 0 Å². The molecule has 1 aromatic heterocycles. The Kier molecular flexibility index (Phi) is 4.77. The third-order valence-corrected chi connectivity index (χ3v) is 3.53. The van der Waals surface area contributed by atoms with E-state index in [1.807, 2.05) is 12.1 Å². The first kappa shape index (κ1) is 16.0. The number of hydrogen-bond acceptors (Lipinski definition) is 5. The molecule has 2 aromatic carbocycles. The molecule has 0 radical (unpaired) electrons. The molecule has 2 N–H and O–H groups in total. The van der Waals surface area contributed by atoms with E-state index in [0.29, 0.717) is 40.2 Å². The summed E-state index contributed by atoms with van der Waals surface area (Å²) in [7, 11) is 0. The summed E-state index contributed by atoms with van der Waals surface area (Å²) in [5.41, 5.74) is 1.87. The third kappa shape index (κ3) is 3.91. The van der Waals surface area contributed by atoms with E-state index in [9.17, 15) is 4.79 Å². The van der Waals surface area contributed by atoms with Gasteiger partial charge in [0, 0.05) is 16.4 Å². The lowest BCUT2D eigenvalue weighted by atomic mass is 10.1. The Balaban J connectivity index is 1.72. The highest BCUT2D eigenvalue weighted by molar-refractivity contribution is 6.30. The van der Waals surface area contributed by atoms with Gasteiger partial charge in [0.1, 0.15) is 0 Å². The van der Waals surface area contributed by atoms with Gasteiger partial charge in [-0.25, -0.2) is 0 Å². The van der Waals surface area contributed by atoms with E-state index in [2.05, 4.69) is 20.8 Å². The first-order chi connectivity index (χ1) is 11.6. The Bertz CT molecular complexity index is 846. The average molecular weight is 343 g/mol. The summed E-state index contributed by atoms with van der Waals surface area (Å²) in [6.07, 6.45) is 0. The molecule has 0 aliphatic carbocycles. The quantitative estimate of drug-likeness (QED) is 0.735. The second-order valence-electron chi connectivity index (χ2n) is 5.10. The highest BCUT2D eigenvalue weighted by Crippen LogP contribution is 2.19. The smallest absolute Gasteiger partial charge is 0.257 e. The standard InChI is InChI=1S/C17H15ClN4O2/c1-11-20-16(24-22-11)10-19-15-5-3-2-4-14(15)17(23)21-13-8-6-12(18)7-9-13/h2-9,19H,10H2,1H3,(H,21,23). The van der Waals surface area contributed by atoms with E-state index >= 15 is 0 Å². The van der Waals surface area contributed by atoms with Gasteiger partial charge in [0.05, 0.1) is 12.1 Å². The number of anilines is 2. The van der Waals surface area contributed by atoms with Crippen LogP contribution in [0.15, 0.2) is 53.1 Å². The van der Waals surface area contributed by atoms with Crippen molar-refractivity contribution in [2.45, 2.75) is 13.5 Å². The molecule has 0 aliphatic heterocycles. The number of carbonyl (C=O) groups is 1. The largest absolute Gasteiger partial charge is 0.375 e. The highest BCUT2D eigenvalue weighted by Gasteiger charge is 2.12. The third-order valence-electron chi connectivity index (χ3n) is 3.27. The van der Waals surface area contributed by atoms with Crippen LogP contribution in [-0.4, -0.2) is 16.0 Å². The monoisotopic (exact) mass is 342 g/mol. The Hall–Kier alpha value is -2.86. The van der Waals surface area contributed by atoms with Gasteiger partial charge in [-0.2, -0.15) is 4.98 Å². The van der Waals surface area contributed by atoms with E-state index < -0.39 is 0 Å². The number of nitrogens with one attached hydrogen (secondary N) is 2. The van der Waals surface area contributed by atoms with Gasteiger partial charge >= 0.3 is 0 Å². The molecule has 1 heterocycles. The van der Waals surface area contributed by atoms with Gasteiger partial charge < -0.3 is 15.2 Å². The van der Waals surface area contributed by atoms with Crippen LogP contribution < -0.4 is 10.6 Å². The molecule has 0 aliphatic rings. The molecule has 0 bridgehead atoms. The molecule has 3 aromatic rings. The maximum atomic E-state index is 12.5. The van der Waals surface area contributed by atoms with Gasteiger partial charge in [-0.3, -0.25) is 4.79 Å². The number of para-hydroxylation sites is 1. The molecule has 0 saturated carbocycles. The molecule has 3 rings (SSSR count). The van der Waals surface area contributed by atoms with Gasteiger partial charge in [-0.05, 0) is 43.3 Å². The summed E-state index contributed by atoms with van der Waals surface area (Å²) in [5, 5.41) is 10.3. The van der Waals surface area contributed by atoms with E-state index in [-0.39, 0.29) is 5.91 Å². The van der Waals surface area contributed by atoms with Crippen molar-refractivity contribution in [3.8, 4) is 0 Å². The number of halogens is 1. The molecule has 0 fully saturated rings. The number of hydrogen-bond donors (Lipinski definition) is 2. The van der Waals surface area contributed by atoms with E-state index in [0.717, 1.165) is 0 Å². The van der Waals surface area contributed by atoms with Crippen LogP contribution in [0.2, 0.25) is 5.02 Å². The van der Waals surface area contributed by atoms with Crippen LogP contribution in [-0.2, 0) is 6.54 Å². The van der Waals surface area contributed by atoms with Crippen molar-refractivity contribution >= 4 is 28.9 Å². The Morgan fingerprint density at radius 3 is 2.62 bits per heavy atom. The van der Waals surface area contributed by atoms with E-state index in [1.54, 1.807) is 43.3 Å². The average Bonchev–Trinajstić information content (AvgIpc) is 3.01. The number of amides is 1. The van der Waals surface area contributed by atoms with Crippen LogP contribution in [0.4, 0.5) is 11.4 Å². The van der Waals surface area contributed by atoms with Crippen molar-refractivity contribution in [1.82, 2.24) is 10.1 Å². The van der Waals surface area contributed by atoms with Crippen molar-refractivity contribution < 1.29 is 9.32 Å². The first-order valence-corrected chi connectivity index (χ1v) is 7.68. The molecule has 24 heavy (non-hydrogen) atoms. The minimum absolute atomic E-state index is 0.220. The number of rotatable bonds is 5. The summed E-state index contributed by atoms with van der Waals surface area (Å²) in [6, 6.07) is 14.2. The zero-order valence-corrected chi connectivity index (χ0v) is 13.7. The van der Waals surface area contributed by atoms with Gasteiger partial charge in [0.25, 0.3) is 5.91 Å². The maximum absolute atomic E-state index is 12.5. The minimum Gasteiger partial charge on any atom is -0.375 e. The Labute approximate surface area is 143 Å². The molecule has 0 atom stereocenters. The van der Waals surface area contributed by atoms with Crippen LogP contribution in [0.25, 0.3) is 0 Å². The summed E-state index contributed by atoms with van der Waals surface area (Å²) in [4.78, 5) is 16.6. The molecule has 1 amide bonds. The Morgan fingerprint density at radius 2 is 1.92 bits per heavy atom. The van der Waals surface area contributed by atoms with Gasteiger partial charge in [0.2, 0.25) is 5.89 Å². The van der Waals surface area contributed by atoms with Crippen LogP contribution in [0.3, 0.4) is 0 Å². The van der Waals surface area contributed by atoms with Gasteiger partial charge in [0.15, 0.2) is 5.82 Å². The molecular formula is C17H15ClN4O2. The predicted molar refractivity (Wildman–Crippen MR) is 92.2 cm³/mol. The normalized spacial score (nSPS) is 10.4. The van der Waals surface area contributed by atoms with Crippen molar-refractivity contribution in [2.24, 2.45) is 0 Å². The summed E-state index contributed by atoms with van der Waals surface area (Å²) in [6.45, 7) is 2.09. The van der Waals surface area contributed by atoms with Crippen LogP contribution in [0.1, 0.15) is 22.1 Å². The SMILES string of the molecule is Cc1noc(CNc2ccccc2C(=O)Nc2ccc(Cl)cc2)n1. The second kappa shape index (κ2) is 7.14. The predicted octanol–water partition coefficient (Wildman–Crippen LogP) is 3.90. The highest BCUT2D eigenvalue weighted by atomic mass is 35.5. The second-order valence-corrected chi connectivity index (χ2v) is 5.53. The number of benzene rings is 2. The van der Waals surface area contributed by atoms with Crippen LogP contribution >= 0.6 is 11.6 Å². The Morgan fingerprint density at radius 1 is 1.17 bits per heavy atom. The zero-order chi connectivity index (χ0) is 16.9. The summed E-state index contributed by atoms with van der Waals surface area (Å²) < 4.78 is 5.06. The number of carbonyl (C=O) groups excluding carboxylic acids is 1. The maximum Gasteiger partial charge on any atom is 0.257 e. The van der Waals surface area contributed by atoms with Crippen LogP contribution in [0, 0.1) is 6.92 Å².